The third-order valence-electron chi connectivity index (χ3n) is 7.49. The van der Waals surface area contributed by atoms with Gasteiger partial charge in [-0.05, 0) is 76.4 Å². The van der Waals surface area contributed by atoms with Gasteiger partial charge in [0.25, 0.3) is 5.56 Å². The first-order valence-electron chi connectivity index (χ1n) is 11.9. The summed E-state index contributed by atoms with van der Waals surface area (Å²) >= 11 is 0. The summed E-state index contributed by atoms with van der Waals surface area (Å²) in [6, 6.07) is 4.28. The molecule has 6 nitrogen and oxygen atoms in total. The third kappa shape index (κ3) is 4.12. The van der Waals surface area contributed by atoms with Crippen molar-refractivity contribution in [1.29, 1.82) is 5.26 Å². The molecule has 0 bridgehead atoms. The molecule has 2 aromatic rings. The fourth-order valence-electron chi connectivity index (χ4n) is 5.35. The quantitative estimate of drug-likeness (QED) is 0.803. The van der Waals surface area contributed by atoms with E-state index in [4.69, 9.17) is 4.98 Å². The molecule has 1 aliphatic carbocycles. The molecule has 2 aliphatic rings. The molecule has 1 N–H and O–H groups in total. The van der Waals surface area contributed by atoms with Crippen LogP contribution in [-0.2, 0) is 6.54 Å². The van der Waals surface area contributed by atoms with Gasteiger partial charge in [0.15, 0.2) is 0 Å². The first kappa shape index (κ1) is 22.7. The predicted octanol–water partition coefficient (Wildman–Crippen LogP) is 2.60. The molecule has 0 amide bonds. The number of fused-ring (bicyclic) bond motifs is 1. The number of rotatable bonds is 3. The Labute approximate surface area is 189 Å². The first-order chi connectivity index (χ1) is 15.4. The van der Waals surface area contributed by atoms with E-state index in [9.17, 15) is 15.2 Å². The van der Waals surface area contributed by atoms with Gasteiger partial charge >= 0.3 is 0 Å². The molecule has 4 rings (SSSR count). The van der Waals surface area contributed by atoms with Crippen LogP contribution in [-0.4, -0.2) is 38.8 Å². The SMILES string of the molecule is CC=c1c(CN2CCC(C)(C#N)CC2)cc2c(=O)n(C3CCCCC3O)cnc2c1=CC. The maximum atomic E-state index is 13.5. The van der Waals surface area contributed by atoms with Gasteiger partial charge in [0, 0.05) is 11.8 Å². The van der Waals surface area contributed by atoms with E-state index in [1.165, 1.54) is 0 Å². The molecule has 2 heterocycles. The van der Waals surface area contributed by atoms with Crippen molar-refractivity contribution in [3.8, 4) is 6.07 Å². The molecule has 1 aliphatic heterocycles. The number of piperidine rings is 1. The average molecular weight is 435 g/mol. The summed E-state index contributed by atoms with van der Waals surface area (Å²) < 4.78 is 1.66. The summed E-state index contributed by atoms with van der Waals surface area (Å²) in [5, 5.41) is 22.7. The maximum absolute atomic E-state index is 13.5. The lowest BCUT2D eigenvalue weighted by atomic mass is 9.82. The van der Waals surface area contributed by atoms with Crippen molar-refractivity contribution in [3.05, 3.63) is 38.7 Å². The minimum absolute atomic E-state index is 0.0661. The summed E-state index contributed by atoms with van der Waals surface area (Å²) in [5.74, 6) is 0. The highest BCUT2D eigenvalue weighted by atomic mass is 16.3. The van der Waals surface area contributed by atoms with Gasteiger partial charge in [-0.15, -0.1) is 0 Å². The molecule has 2 unspecified atom stereocenters. The number of hydrogen-bond donors (Lipinski definition) is 1. The molecule has 1 aromatic carbocycles. The van der Waals surface area contributed by atoms with Crippen molar-refractivity contribution in [2.45, 2.75) is 78.0 Å². The molecule has 0 spiro atoms. The lowest BCUT2D eigenvalue weighted by molar-refractivity contribution is 0.0735. The van der Waals surface area contributed by atoms with E-state index in [-0.39, 0.29) is 17.0 Å². The minimum atomic E-state index is -0.497. The van der Waals surface area contributed by atoms with Crippen molar-refractivity contribution in [2.24, 2.45) is 5.41 Å². The Kier molecular flexibility index (Phi) is 6.50. The molecule has 2 atom stereocenters. The van der Waals surface area contributed by atoms with E-state index in [0.29, 0.717) is 5.39 Å². The Morgan fingerprint density at radius 3 is 2.53 bits per heavy atom. The van der Waals surface area contributed by atoms with Gasteiger partial charge in [0.05, 0.1) is 40.9 Å². The van der Waals surface area contributed by atoms with Gasteiger partial charge in [0.2, 0.25) is 0 Å². The van der Waals surface area contributed by atoms with Crippen molar-refractivity contribution < 1.29 is 5.11 Å². The highest BCUT2D eigenvalue weighted by molar-refractivity contribution is 5.80. The van der Waals surface area contributed by atoms with Crippen LogP contribution >= 0.6 is 0 Å². The van der Waals surface area contributed by atoms with Crippen LogP contribution in [0.1, 0.15) is 70.9 Å². The van der Waals surface area contributed by atoms with Crippen LogP contribution in [0.4, 0.5) is 0 Å². The number of nitriles is 1. The fourth-order valence-corrected chi connectivity index (χ4v) is 5.35. The van der Waals surface area contributed by atoms with Gasteiger partial charge < -0.3 is 5.11 Å². The number of hydrogen-bond acceptors (Lipinski definition) is 5. The van der Waals surface area contributed by atoms with Crippen molar-refractivity contribution in [2.75, 3.05) is 13.1 Å². The zero-order valence-corrected chi connectivity index (χ0v) is 19.5. The number of nitrogens with zero attached hydrogens (tertiary/aromatic N) is 4. The first-order valence-corrected chi connectivity index (χ1v) is 11.9. The number of aliphatic hydroxyl groups is 1. The van der Waals surface area contributed by atoms with E-state index in [1.807, 2.05) is 32.9 Å². The molecule has 0 radical (unpaired) electrons. The average Bonchev–Trinajstić information content (AvgIpc) is 2.81. The number of benzene rings is 1. The second-order valence-corrected chi connectivity index (χ2v) is 9.66. The number of likely N-dealkylation sites (tertiary alicyclic amines) is 1. The van der Waals surface area contributed by atoms with Gasteiger partial charge in [-0.2, -0.15) is 5.26 Å². The third-order valence-corrected chi connectivity index (χ3v) is 7.49. The van der Waals surface area contributed by atoms with Crippen LogP contribution in [0.2, 0.25) is 0 Å². The molecule has 1 saturated carbocycles. The van der Waals surface area contributed by atoms with Crippen LogP contribution in [0.5, 0.6) is 0 Å². The van der Waals surface area contributed by atoms with E-state index in [1.54, 1.807) is 10.9 Å². The predicted molar refractivity (Wildman–Crippen MR) is 127 cm³/mol. The zero-order chi connectivity index (χ0) is 22.9. The molecule has 6 heteroatoms. The summed E-state index contributed by atoms with van der Waals surface area (Å²) in [6.07, 6.45) is 10.6. The molecule has 1 aromatic heterocycles. The Bertz CT molecular complexity index is 1220. The lowest BCUT2D eigenvalue weighted by Crippen LogP contribution is -2.41. The van der Waals surface area contributed by atoms with E-state index in [2.05, 4.69) is 17.0 Å². The Morgan fingerprint density at radius 2 is 1.91 bits per heavy atom. The fraction of sp³-hybridized carbons (Fsp3) is 0.577. The molecule has 170 valence electrons. The van der Waals surface area contributed by atoms with Crippen LogP contribution in [0, 0.1) is 16.7 Å². The molecular weight excluding hydrogens is 400 g/mol. The Balaban J connectivity index is 1.79. The Morgan fingerprint density at radius 1 is 1.22 bits per heavy atom. The Hall–Kier alpha value is -2.49. The van der Waals surface area contributed by atoms with Crippen molar-refractivity contribution in [3.63, 3.8) is 0 Å². The maximum Gasteiger partial charge on any atom is 0.261 e. The molecule has 1 saturated heterocycles. The van der Waals surface area contributed by atoms with Crippen molar-refractivity contribution in [1.82, 2.24) is 14.5 Å². The summed E-state index contributed by atoms with van der Waals surface area (Å²) in [7, 11) is 0. The molecular formula is C26H34N4O2. The van der Waals surface area contributed by atoms with Crippen LogP contribution in [0.15, 0.2) is 17.2 Å². The highest BCUT2D eigenvalue weighted by Gasteiger charge is 2.30. The van der Waals surface area contributed by atoms with Gasteiger partial charge in [0.1, 0.15) is 0 Å². The summed E-state index contributed by atoms with van der Waals surface area (Å²) in [4.78, 5) is 20.6. The molecule has 32 heavy (non-hydrogen) atoms. The van der Waals surface area contributed by atoms with Crippen LogP contribution in [0.3, 0.4) is 0 Å². The second-order valence-electron chi connectivity index (χ2n) is 9.66. The van der Waals surface area contributed by atoms with Gasteiger partial charge in [-0.3, -0.25) is 14.3 Å². The summed E-state index contributed by atoms with van der Waals surface area (Å²) in [6.45, 7) is 8.56. The standard InChI is InChI=1S/C26H34N4O2/c1-4-19-18(15-29-12-10-26(3,16-27)11-13-29)14-21-24(20(19)5-2)28-17-30(25(21)32)22-8-6-7-9-23(22)31/h4-5,14,17,22-23,31H,6-13,15H2,1-3H3. The summed E-state index contributed by atoms with van der Waals surface area (Å²) in [5.41, 5.74) is 1.55. The number of aromatic nitrogens is 2. The van der Waals surface area contributed by atoms with E-state index in [0.717, 1.165) is 79.7 Å². The zero-order valence-electron chi connectivity index (χ0n) is 19.5. The topological polar surface area (TPSA) is 82.2 Å². The largest absolute Gasteiger partial charge is 0.391 e. The second kappa shape index (κ2) is 9.17. The van der Waals surface area contributed by atoms with Crippen molar-refractivity contribution >= 4 is 23.1 Å². The van der Waals surface area contributed by atoms with Gasteiger partial charge in [-0.1, -0.05) is 25.0 Å². The van der Waals surface area contributed by atoms with Crippen LogP contribution < -0.4 is 16.0 Å². The monoisotopic (exact) mass is 434 g/mol. The molecule has 2 fully saturated rings. The number of aliphatic hydroxyl groups excluding tert-OH is 1. The lowest BCUT2D eigenvalue weighted by Gasteiger charge is -2.35. The normalized spacial score (nSPS) is 25.2. The highest BCUT2D eigenvalue weighted by Crippen LogP contribution is 2.30. The van der Waals surface area contributed by atoms with E-state index >= 15 is 0 Å². The smallest absolute Gasteiger partial charge is 0.261 e. The minimum Gasteiger partial charge on any atom is -0.391 e. The van der Waals surface area contributed by atoms with Crippen LogP contribution in [0.25, 0.3) is 23.1 Å². The van der Waals surface area contributed by atoms with E-state index < -0.39 is 6.10 Å². The van der Waals surface area contributed by atoms with Gasteiger partial charge in [-0.25, -0.2) is 4.98 Å².